The summed E-state index contributed by atoms with van der Waals surface area (Å²) < 4.78 is 7.00. The van der Waals surface area contributed by atoms with Gasteiger partial charge in [-0.25, -0.2) is 0 Å². The Kier molecular flexibility index (Phi) is 10.6. The fourth-order valence-electron chi connectivity index (χ4n) is 7.45. The summed E-state index contributed by atoms with van der Waals surface area (Å²) in [5.41, 5.74) is 0.346. The number of likely N-dealkylation sites (N-methyl/N-ethyl adjacent to an activating group) is 1. The molecule has 256 valence electrons. The number of carbonyl (C=O) groups excluding carboxylic acids is 5. The Morgan fingerprint density at radius 1 is 1.08 bits per heavy atom. The summed E-state index contributed by atoms with van der Waals surface area (Å²) in [6.45, 7) is 5.85. The Hall–Kier alpha value is -4.26. The molecule has 2 bridgehead atoms. The van der Waals surface area contributed by atoms with Crippen molar-refractivity contribution in [2.75, 3.05) is 12.4 Å². The SMILES string of the molecule is CNC(=O)C(=O)CCC(NC(=O)c1oc2ccccc2c1C)C(=O)Nc1cccn(CC(=O)NC2C(C)CC3CC2CC(C)(Br)C3)c1=O. The fraction of sp³-hybridized carbons (Fsp3) is 0.486. The van der Waals surface area contributed by atoms with E-state index in [1.165, 1.54) is 29.9 Å². The van der Waals surface area contributed by atoms with Crippen LogP contribution in [0.3, 0.4) is 0 Å². The van der Waals surface area contributed by atoms with Crippen molar-refractivity contribution in [3.63, 3.8) is 0 Å². The summed E-state index contributed by atoms with van der Waals surface area (Å²) in [6, 6.07) is 8.73. The summed E-state index contributed by atoms with van der Waals surface area (Å²) in [4.78, 5) is 77.6. The van der Waals surface area contributed by atoms with Crippen molar-refractivity contribution < 1.29 is 28.4 Å². The maximum Gasteiger partial charge on any atom is 0.287 e. The number of amides is 4. The summed E-state index contributed by atoms with van der Waals surface area (Å²) in [6.07, 6.45) is 5.10. The molecule has 12 nitrogen and oxygen atoms in total. The zero-order valence-corrected chi connectivity index (χ0v) is 29.1. The third-order valence-corrected chi connectivity index (χ3v) is 10.2. The van der Waals surface area contributed by atoms with Gasteiger partial charge in [-0.05, 0) is 81.9 Å². The van der Waals surface area contributed by atoms with Crippen molar-refractivity contribution in [1.82, 2.24) is 20.5 Å². The van der Waals surface area contributed by atoms with Crippen molar-refractivity contribution in [3.8, 4) is 0 Å². The Labute approximate surface area is 286 Å². The van der Waals surface area contributed by atoms with Gasteiger partial charge in [0.1, 0.15) is 23.9 Å². The lowest BCUT2D eigenvalue weighted by atomic mass is 9.63. The highest BCUT2D eigenvalue weighted by atomic mass is 79.9. The van der Waals surface area contributed by atoms with Crippen molar-refractivity contribution in [1.29, 1.82) is 0 Å². The quantitative estimate of drug-likeness (QED) is 0.172. The number of nitrogens with one attached hydrogen (secondary N) is 4. The monoisotopic (exact) mass is 723 g/mol. The first kappa shape index (κ1) is 35.1. The number of para-hydroxylation sites is 1. The molecule has 2 fully saturated rings. The standard InChI is InChI=1S/C35H42BrN5O7/c1-19-14-21-15-22(17-35(3,36)16-21)29(19)40-28(43)18-41-13-7-9-25(34(41)47)39-31(44)24(11-12-26(42)32(45)37-4)38-33(46)30-20(2)23-8-5-6-10-27(23)48-30/h5-10,13,19,21-22,24,29H,11-12,14-18H2,1-4H3,(H,37,45)(H,38,46)(H,39,44)(H,40,43). The molecular weight excluding hydrogens is 682 g/mol. The number of halogens is 1. The lowest BCUT2D eigenvalue weighted by Crippen LogP contribution is -2.53. The highest BCUT2D eigenvalue weighted by molar-refractivity contribution is 9.10. The van der Waals surface area contributed by atoms with E-state index in [9.17, 15) is 28.8 Å². The van der Waals surface area contributed by atoms with Crippen LogP contribution in [0.2, 0.25) is 0 Å². The van der Waals surface area contributed by atoms with Crippen LogP contribution in [0.15, 0.2) is 51.8 Å². The van der Waals surface area contributed by atoms with Gasteiger partial charge in [-0.1, -0.05) is 41.1 Å². The van der Waals surface area contributed by atoms with Gasteiger partial charge in [0, 0.05) is 41.0 Å². The van der Waals surface area contributed by atoms with Crippen LogP contribution < -0.4 is 26.8 Å². The highest BCUT2D eigenvalue weighted by Crippen LogP contribution is 2.49. The number of aromatic nitrogens is 1. The number of nitrogens with zero attached hydrogens (tertiary/aromatic N) is 1. The number of Topliss-reactive ketones (excluding diaryl/α,β-unsaturated/α-hetero) is 1. The lowest BCUT2D eigenvalue weighted by Gasteiger charge is -2.49. The number of furan rings is 1. The molecule has 6 unspecified atom stereocenters. The maximum atomic E-state index is 13.5. The zero-order chi connectivity index (χ0) is 34.7. The number of hydrogen-bond acceptors (Lipinski definition) is 7. The van der Waals surface area contributed by atoms with Gasteiger partial charge in [0.25, 0.3) is 17.4 Å². The number of fused-ring (bicyclic) bond motifs is 3. The molecule has 2 aromatic heterocycles. The van der Waals surface area contributed by atoms with E-state index in [-0.39, 0.29) is 47.1 Å². The molecule has 1 aromatic carbocycles. The van der Waals surface area contributed by atoms with Gasteiger partial charge in [-0.15, -0.1) is 0 Å². The van der Waals surface area contributed by atoms with Gasteiger partial charge in [0.2, 0.25) is 17.6 Å². The van der Waals surface area contributed by atoms with Crippen LogP contribution >= 0.6 is 15.9 Å². The van der Waals surface area contributed by atoms with Crippen molar-refractivity contribution >= 4 is 62.0 Å². The molecule has 6 atom stereocenters. The molecular formula is C35H42BrN5O7. The van der Waals surface area contributed by atoms with E-state index in [1.807, 2.05) is 6.07 Å². The van der Waals surface area contributed by atoms with Crippen LogP contribution in [-0.4, -0.2) is 57.4 Å². The molecule has 48 heavy (non-hydrogen) atoms. The third kappa shape index (κ3) is 7.88. The molecule has 0 saturated heterocycles. The van der Waals surface area contributed by atoms with E-state index in [0.717, 1.165) is 31.1 Å². The van der Waals surface area contributed by atoms with Crippen molar-refractivity contribution in [3.05, 3.63) is 64.3 Å². The Morgan fingerprint density at radius 3 is 2.56 bits per heavy atom. The summed E-state index contributed by atoms with van der Waals surface area (Å²) >= 11 is 3.87. The van der Waals surface area contributed by atoms with Crippen LogP contribution in [0.4, 0.5) is 5.69 Å². The molecule has 13 heteroatoms. The fourth-order valence-corrected chi connectivity index (χ4v) is 8.33. The first-order chi connectivity index (χ1) is 22.8. The first-order valence-electron chi connectivity index (χ1n) is 16.3. The number of rotatable bonds is 11. The average Bonchev–Trinajstić information content (AvgIpc) is 3.37. The van der Waals surface area contributed by atoms with E-state index in [2.05, 4.69) is 51.0 Å². The van der Waals surface area contributed by atoms with Crippen LogP contribution in [0.1, 0.15) is 68.5 Å². The smallest absolute Gasteiger partial charge is 0.287 e. The summed E-state index contributed by atoms with van der Waals surface area (Å²) in [5, 5.41) is 11.3. The molecule has 0 aliphatic heterocycles. The third-order valence-electron chi connectivity index (χ3n) is 9.60. The van der Waals surface area contributed by atoms with Gasteiger partial charge in [0.05, 0.1) is 0 Å². The molecule has 3 aromatic rings. The molecule has 2 heterocycles. The highest BCUT2D eigenvalue weighted by Gasteiger charge is 2.45. The molecule has 2 aliphatic rings. The molecule has 4 amide bonds. The number of hydrogen-bond donors (Lipinski definition) is 4. The van der Waals surface area contributed by atoms with Gasteiger partial charge in [-0.3, -0.25) is 28.8 Å². The maximum absolute atomic E-state index is 13.5. The van der Waals surface area contributed by atoms with Gasteiger partial charge < -0.3 is 30.3 Å². The second kappa shape index (κ2) is 14.5. The van der Waals surface area contributed by atoms with E-state index >= 15 is 0 Å². The first-order valence-corrected chi connectivity index (χ1v) is 17.1. The predicted octanol–water partition coefficient (Wildman–Crippen LogP) is 3.83. The molecule has 2 saturated carbocycles. The number of benzene rings is 1. The van der Waals surface area contributed by atoms with E-state index in [0.29, 0.717) is 28.9 Å². The molecule has 0 radical (unpaired) electrons. The molecule has 2 aliphatic carbocycles. The van der Waals surface area contributed by atoms with E-state index in [1.54, 1.807) is 25.1 Å². The van der Waals surface area contributed by atoms with Crippen molar-refractivity contribution in [2.45, 2.75) is 82.2 Å². The number of ketones is 1. The number of alkyl halides is 1. The molecule has 0 spiro atoms. The zero-order valence-electron chi connectivity index (χ0n) is 27.6. The minimum absolute atomic E-state index is 0.00164. The summed E-state index contributed by atoms with van der Waals surface area (Å²) in [7, 11) is 1.32. The van der Waals surface area contributed by atoms with E-state index < -0.39 is 35.1 Å². The molecule has 5 rings (SSSR count). The second-order valence-corrected chi connectivity index (χ2v) is 15.4. The Balaban J connectivity index is 1.29. The summed E-state index contributed by atoms with van der Waals surface area (Å²) in [5.74, 6) is -2.09. The van der Waals surface area contributed by atoms with Crippen LogP contribution in [0.5, 0.6) is 0 Å². The number of carbonyl (C=O) groups is 5. The Bertz CT molecular complexity index is 1790. The van der Waals surface area contributed by atoms with Gasteiger partial charge in [0.15, 0.2) is 5.76 Å². The van der Waals surface area contributed by atoms with E-state index in [4.69, 9.17) is 4.42 Å². The second-order valence-electron chi connectivity index (χ2n) is 13.5. The van der Waals surface area contributed by atoms with Gasteiger partial charge >= 0.3 is 0 Å². The lowest BCUT2D eigenvalue weighted by molar-refractivity contribution is -0.137. The van der Waals surface area contributed by atoms with Crippen LogP contribution in [0, 0.1) is 24.7 Å². The van der Waals surface area contributed by atoms with Crippen LogP contribution in [0.25, 0.3) is 11.0 Å². The largest absolute Gasteiger partial charge is 0.451 e. The topological polar surface area (TPSA) is 169 Å². The van der Waals surface area contributed by atoms with Crippen LogP contribution in [-0.2, 0) is 25.7 Å². The molecule has 4 N–H and O–H groups in total. The number of anilines is 1. The predicted molar refractivity (Wildman–Crippen MR) is 184 cm³/mol. The number of pyridine rings is 1. The Morgan fingerprint density at radius 2 is 1.83 bits per heavy atom. The minimum atomic E-state index is -1.30. The van der Waals surface area contributed by atoms with Crippen molar-refractivity contribution in [2.24, 2.45) is 17.8 Å². The van der Waals surface area contributed by atoms with Gasteiger partial charge in [-0.2, -0.15) is 0 Å². The average molecular weight is 725 g/mol. The normalized spacial score (nSPS) is 23.9. The number of aryl methyl sites for hydroxylation is 1. The minimum Gasteiger partial charge on any atom is -0.451 e.